The highest BCUT2D eigenvalue weighted by Gasteiger charge is 2.32. The van der Waals surface area contributed by atoms with Crippen LogP contribution >= 0.6 is 23.5 Å². The van der Waals surface area contributed by atoms with Gasteiger partial charge in [-0.2, -0.15) is 0 Å². The van der Waals surface area contributed by atoms with Gasteiger partial charge in [0, 0.05) is 6.42 Å². The Hall–Kier alpha value is 0.170. The van der Waals surface area contributed by atoms with Gasteiger partial charge in [0.2, 0.25) is 0 Å². The van der Waals surface area contributed by atoms with Crippen LogP contribution in [-0.4, -0.2) is 28.2 Å². The zero-order chi connectivity index (χ0) is 8.39. The van der Waals surface area contributed by atoms with Crippen LogP contribution in [0.4, 0.5) is 0 Å². The second-order valence-electron chi connectivity index (χ2n) is 3.03. The largest absolute Gasteiger partial charge is 0.460 e. The summed E-state index contributed by atoms with van der Waals surface area (Å²) in [5.41, 5.74) is 0. The molecule has 0 aromatic rings. The van der Waals surface area contributed by atoms with Gasteiger partial charge in [-0.05, 0) is 24.3 Å². The van der Waals surface area contributed by atoms with Crippen molar-refractivity contribution in [3.8, 4) is 0 Å². The molecule has 4 heteroatoms. The van der Waals surface area contributed by atoms with E-state index in [1.165, 1.54) is 17.9 Å². The van der Waals surface area contributed by atoms with Crippen molar-refractivity contribution < 1.29 is 9.53 Å². The Kier molecular flexibility index (Phi) is 2.86. The maximum atomic E-state index is 10.9. The maximum absolute atomic E-state index is 10.9. The Morgan fingerprint density at radius 3 is 2.67 bits per heavy atom. The second-order valence-corrected chi connectivity index (χ2v) is 5.83. The molecule has 1 atom stereocenters. The molecule has 2 nitrogen and oxygen atoms in total. The minimum atomic E-state index is -0.00762. The van der Waals surface area contributed by atoms with Gasteiger partial charge in [-0.25, -0.2) is 0 Å². The average Bonchev–Trinajstić information content (AvgIpc) is 2.54. The summed E-state index contributed by atoms with van der Waals surface area (Å²) in [6.07, 6.45) is 3.06. The minimum Gasteiger partial charge on any atom is -0.460 e. The number of rotatable bonds is 1. The van der Waals surface area contributed by atoms with Gasteiger partial charge in [0.1, 0.15) is 6.10 Å². The molecule has 0 spiro atoms. The van der Waals surface area contributed by atoms with Crippen LogP contribution in [0.25, 0.3) is 0 Å². The van der Waals surface area contributed by atoms with E-state index in [1.54, 1.807) is 0 Å². The van der Waals surface area contributed by atoms with Crippen LogP contribution in [0.15, 0.2) is 0 Å². The summed E-state index contributed by atoms with van der Waals surface area (Å²) >= 11 is 3.90. The number of cyclic esters (lactones) is 1. The Morgan fingerprint density at radius 2 is 2.08 bits per heavy atom. The topological polar surface area (TPSA) is 26.3 Å². The van der Waals surface area contributed by atoms with Crippen molar-refractivity contribution in [2.75, 3.05) is 11.5 Å². The molecular weight excluding hydrogens is 192 g/mol. The molecule has 2 rings (SSSR count). The predicted molar refractivity (Wildman–Crippen MR) is 52.4 cm³/mol. The van der Waals surface area contributed by atoms with Crippen molar-refractivity contribution in [3.05, 3.63) is 0 Å². The SMILES string of the molecule is O=C1CCC(C2SCCCS2)O1. The molecule has 12 heavy (non-hydrogen) atoms. The van der Waals surface area contributed by atoms with E-state index in [2.05, 4.69) is 0 Å². The molecule has 2 heterocycles. The maximum Gasteiger partial charge on any atom is 0.306 e. The molecule has 0 aromatic heterocycles. The number of ether oxygens (including phenoxy) is 1. The third-order valence-corrected chi connectivity index (χ3v) is 5.20. The van der Waals surface area contributed by atoms with Crippen LogP contribution in [0.1, 0.15) is 19.3 Å². The normalized spacial score (nSPS) is 32.0. The molecule has 0 N–H and O–H groups in total. The van der Waals surface area contributed by atoms with E-state index in [0.29, 0.717) is 11.0 Å². The van der Waals surface area contributed by atoms with Crippen molar-refractivity contribution in [1.82, 2.24) is 0 Å². The number of hydrogen-bond donors (Lipinski definition) is 0. The Balaban J connectivity index is 1.86. The predicted octanol–water partition coefficient (Wildman–Crippen LogP) is 1.89. The van der Waals surface area contributed by atoms with Crippen molar-refractivity contribution in [1.29, 1.82) is 0 Å². The van der Waals surface area contributed by atoms with Gasteiger partial charge >= 0.3 is 5.97 Å². The molecule has 1 unspecified atom stereocenters. The average molecular weight is 204 g/mol. The summed E-state index contributed by atoms with van der Waals surface area (Å²) < 4.78 is 5.74. The van der Waals surface area contributed by atoms with Crippen LogP contribution in [0.3, 0.4) is 0 Å². The molecule has 2 saturated heterocycles. The lowest BCUT2D eigenvalue weighted by atomic mass is 10.3. The lowest BCUT2D eigenvalue weighted by Gasteiger charge is -2.24. The smallest absolute Gasteiger partial charge is 0.306 e. The van der Waals surface area contributed by atoms with E-state index in [9.17, 15) is 4.79 Å². The zero-order valence-electron chi connectivity index (χ0n) is 6.82. The van der Waals surface area contributed by atoms with Crippen LogP contribution in [0.2, 0.25) is 0 Å². The van der Waals surface area contributed by atoms with Crippen molar-refractivity contribution in [3.63, 3.8) is 0 Å². The molecule has 0 saturated carbocycles. The summed E-state index contributed by atoms with van der Waals surface area (Å²) in [6.45, 7) is 0. The number of carbonyl (C=O) groups is 1. The standard InChI is InChI=1S/C8H12O2S2/c9-7-3-2-6(10-7)8-11-4-1-5-12-8/h6,8H,1-5H2. The highest BCUT2D eigenvalue weighted by Crippen LogP contribution is 2.37. The Morgan fingerprint density at radius 1 is 1.33 bits per heavy atom. The first kappa shape index (κ1) is 8.75. The lowest BCUT2D eigenvalue weighted by Crippen LogP contribution is -2.23. The van der Waals surface area contributed by atoms with Crippen LogP contribution in [0, 0.1) is 0 Å². The van der Waals surface area contributed by atoms with E-state index in [-0.39, 0.29) is 12.1 Å². The molecule has 0 aromatic carbocycles. The summed E-state index contributed by atoms with van der Waals surface area (Å²) in [4.78, 5) is 10.9. The van der Waals surface area contributed by atoms with E-state index in [0.717, 1.165) is 6.42 Å². The van der Waals surface area contributed by atoms with Gasteiger partial charge in [-0.3, -0.25) is 4.79 Å². The molecule has 2 fully saturated rings. The first-order valence-corrected chi connectivity index (χ1v) is 6.39. The molecule has 0 bridgehead atoms. The number of thioether (sulfide) groups is 2. The molecular formula is C8H12O2S2. The molecule has 0 aliphatic carbocycles. The van der Waals surface area contributed by atoms with Gasteiger partial charge in [0.25, 0.3) is 0 Å². The number of esters is 1. The third kappa shape index (κ3) is 1.91. The number of hydrogen-bond acceptors (Lipinski definition) is 4. The summed E-state index contributed by atoms with van der Waals surface area (Å²) in [5, 5.41) is 0. The lowest BCUT2D eigenvalue weighted by molar-refractivity contribution is -0.140. The molecule has 0 radical (unpaired) electrons. The highest BCUT2D eigenvalue weighted by molar-refractivity contribution is 8.17. The van der Waals surface area contributed by atoms with E-state index in [4.69, 9.17) is 4.74 Å². The quantitative estimate of drug-likeness (QED) is 0.609. The van der Waals surface area contributed by atoms with Crippen LogP contribution in [-0.2, 0) is 9.53 Å². The van der Waals surface area contributed by atoms with Crippen molar-refractivity contribution >= 4 is 29.5 Å². The van der Waals surface area contributed by atoms with Crippen molar-refractivity contribution in [2.24, 2.45) is 0 Å². The Labute approximate surface area is 80.8 Å². The molecule has 0 amide bonds. The highest BCUT2D eigenvalue weighted by atomic mass is 32.2. The minimum absolute atomic E-state index is 0.00762. The van der Waals surface area contributed by atoms with Crippen LogP contribution in [0.5, 0.6) is 0 Å². The second kappa shape index (κ2) is 3.92. The third-order valence-electron chi connectivity index (χ3n) is 2.07. The van der Waals surface area contributed by atoms with Gasteiger partial charge < -0.3 is 4.74 Å². The van der Waals surface area contributed by atoms with Gasteiger partial charge in [0.05, 0.1) is 4.58 Å². The molecule has 2 aliphatic heterocycles. The van der Waals surface area contributed by atoms with Crippen LogP contribution < -0.4 is 0 Å². The van der Waals surface area contributed by atoms with E-state index < -0.39 is 0 Å². The zero-order valence-corrected chi connectivity index (χ0v) is 8.46. The Bertz CT molecular complexity index is 178. The van der Waals surface area contributed by atoms with Crippen molar-refractivity contribution in [2.45, 2.75) is 29.9 Å². The summed E-state index contributed by atoms with van der Waals surface area (Å²) in [6, 6.07) is 0. The molecule has 68 valence electrons. The first-order valence-electron chi connectivity index (χ1n) is 4.29. The monoisotopic (exact) mass is 204 g/mol. The fraction of sp³-hybridized carbons (Fsp3) is 0.875. The van der Waals surface area contributed by atoms with E-state index in [1.807, 2.05) is 23.5 Å². The first-order chi connectivity index (χ1) is 5.86. The number of carbonyl (C=O) groups excluding carboxylic acids is 1. The summed E-state index contributed by atoms with van der Waals surface area (Å²) in [7, 11) is 0. The van der Waals surface area contributed by atoms with Gasteiger partial charge in [0.15, 0.2) is 0 Å². The molecule has 2 aliphatic rings. The fourth-order valence-electron chi connectivity index (χ4n) is 1.46. The van der Waals surface area contributed by atoms with Gasteiger partial charge in [-0.1, -0.05) is 0 Å². The van der Waals surface area contributed by atoms with E-state index >= 15 is 0 Å². The summed E-state index contributed by atoms with van der Waals surface area (Å²) in [5.74, 6) is 2.45. The van der Waals surface area contributed by atoms with Gasteiger partial charge in [-0.15, -0.1) is 23.5 Å². The fourth-order valence-corrected chi connectivity index (χ4v) is 4.50.